The van der Waals surface area contributed by atoms with Crippen LogP contribution in [0.5, 0.6) is 0 Å². The molecule has 0 aromatic heterocycles. The Bertz CT molecular complexity index is 297. The minimum Gasteiger partial charge on any atom is -0.468 e. The van der Waals surface area contributed by atoms with E-state index in [9.17, 15) is 9.59 Å². The van der Waals surface area contributed by atoms with Crippen LogP contribution in [0.2, 0.25) is 0 Å². The maximum absolute atomic E-state index is 12.6. The van der Waals surface area contributed by atoms with Crippen molar-refractivity contribution < 1.29 is 14.3 Å². The molecule has 2 saturated carbocycles. The zero-order chi connectivity index (χ0) is 12.3. The molecule has 0 saturated heterocycles. The number of carbonyl (C=O) groups excluding carboxylic acids is 2. The van der Waals surface area contributed by atoms with Gasteiger partial charge in [-0.05, 0) is 25.7 Å². The van der Waals surface area contributed by atoms with Crippen molar-refractivity contribution in [2.45, 2.75) is 57.8 Å². The van der Waals surface area contributed by atoms with Gasteiger partial charge in [-0.2, -0.15) is 0 Å². The van der Waals surface area contributed by atoms with Crippen LogP contribution >= 0.6 is 0 Å². The summed E-state index contributed by atoms with van der Waals surface area (Å²) in [5.74, 6) is 0.0165. The maximum Gasteiger partial charge on any atom is 0.319 e. The number of ether oxygens (including phenoxy) is 1. The molecule has 0 bridgehead atoms. The van der Waals surface area contributed by atoms with Crippen LogP contribution in [0.3, 0.4) is 0 Å². The van der Waals surface area contributed by atoms with Gasteiger partial charge in [-0.25, -0.2) is 0 Å². The first-order valence-corrected chi connectivity index (χ1v) is 6.83. The number of ketones is 1. The summed E-state index contributed by atoms with van der Waals surface area (Å²) in [4.78, 5) is 24.7. The zero-order valence-electron chi connectivity index (χ0n) is 10.7. The van der Waals surface area contributed by atoms with Gasteiger partial charge >= 0.3 is 5.97 Å². The predicted molar refractivity (Wildman–Crippen MR) is 64.5 cm³/mol. The Labute approximate surface area is 103 Å². The molecule has 0 aromatic carbocycles. The maximum atomic E-state index is 12.6. The summed E-state index contributed by atoms with van der Waals surface area (Å²) in [6.45, 7) is 0. The molecule has 2 aliphatic carbocycles. The fourth-order valence-corrected chi connectivity index (χ4v) is 3.48. The molecule has 0 N–H and O–H groups in total. The van der Waals surface area contributed by atoms with Gasteiger partial charge in [0.25, 0.3) is 0 Å². The quantitative estimate of drug-likeness (QED) is 0.561. The molecule has 96 valence electrons. The summed E-state index contributed by atoms with van der Waals surface area (Å²) in [6, 6.07) is 0. The van der Waals surface area contributed by atoms with Crippen molar-refractivity contribution in [1.29, 1.82) is 0 Å². The van der Waals surface area contributed by atoms with E-state index in [0.29, 0.717) is 12.8 Å². The lowest BCUT2D eigenvalue weighted by Crippen LogP contribution is -2.44. The van der Waals surface area contributed by atoms with Crippen molar-refractivity contribution >= 4 is 11.8 Å². The molecule has 2 fully saturated rings. The highest BCUT2D eigenvalue weighted by Gasteiger charge is 2.49. The minimum atomic E-state index is -0.790. The molecule has 0 radical (unpaired) electrons. The van der Waals surface area contributed by atoms with Gasteiger partial charge in [-0.1, -0.05) is 32.1 Å². The monoisotopic (exact) mass is 238 g/mol. The Balaban J connectivity index is 2.19. The van der Waals surface area contributed by atoms with Crippen molar-refractivity contribution in [2.24, 2.45) is 11.3 Å². The molecule has 0 aromatic rings. The fourth-order valence-electron chi connectivity index (χ4n) is 3.48. The Morgan fingerprint density at radius 2 is 1.59 bits per heavy atom. The summed E-state index contributed by atoms with van der Waals surface area (Å²) in [7, 11) is 1.40. The summed E-state index contributed by atoms with van der Waals surface area (Å²) < 4.78 is 4.91. The standard InChI is InChI=1S/C14H22O3/c1-17-13(16)14(9-5-2-6-10-14)12(15)11-7-3-4-8-11/h11H,2-10H2,1H3. The number of hydrogen-bond donors (Lipinski definition) is 0. The number of Topliss-reactive ketones (excluding diaryl/α,β-unsaturated/α-hetero) is 1. The van der Waals surface area contributed by atoms with Crippen LogP contribution in [0.25, 0.3) is 0 Å². The van der Waals surface area contributed by atoms with Crippen LogP contribution in [-0.2, 0) is 14.3 Å². The van der Waals surface area contributed by atoms with Gasteiger partial charge in [0.05, 0.1) is 7.11 Å². The van der Waals surface area contributed by atoms with Gasteiger partial charge in [-0.3, -0.25) is 9.59 Å². The molecule has 2 rings (SSSR count). The normalized spacial score (nSPS) is 24.5. The fraction of sp³-hybridized carbons (Fsp3) is 0.857. The lowest BCUT2D eigenvalue weighted by molar-refractivity contribution is -0.162. The summed E-state index contributed by atoms with van der Waals surface area (Å²) in [5, 5.41) is 0. The van der Waals surface area contributed by atoms with Gasteiger partial charge in [-0.15, -0.1) is 0 Å². The van der Waals surface area contributed by atoms with Gasteiger partial charge in [0.2, 0.25) is 0 Å². The average molecular weight is 238 g/mol. The summed E-state index contributed by atoms with van der Waals surface area (Å²) in [5.41, 5.74) is -0.790. The SMILES string of the molecule is COC(=O)C1(C(=O)C2CCCC2)CCCCC1. The summed E-state index contributed by atoms with van der Waals surface area (Å²) in [6.07, 6.45) is 8.71. The third-order valence-corrected chi connectivity index (χ3v) is 4.48. The molecule has 0 atom stereocenters. The number of esters is 1. The molecule has 0 aliphatic heterocycles. The highest BCUT2D eigenvalue weighted by atomic mass is 16.5. The molecule has 0 unspecified atom stereocenters. The van der Waals surface area contributed by atoms with Crippen molar-refractivity contribution in [3.05, 3.63) is 0 Å². The smallest absolute Gasteiger partial charge is 0.319 e. The number of methoxy groups -OCH3 is 1. The van der Waals surface area contributed by atoms with E-state index in [2.05, 4.69) is 0 Å². The van der Waals surface area contributed by atoms with Crippen LogP contribution in [0.15, 0.2) is 0 Å². The first-order valence-electron chi connectivity index (χ1n) is 6.83. The number of rotatable bonds is 3. The predicted octanol–water partition coefficient (Wildman–Crippen LogP) is 2.87. The van der Waals surface area contributed by atoms with Gasteiger partial charge < -0.3 is 4.74 Å². The molecule has 3 nitrogen and oxygen atoms in total. The van der Waals surface area contributed by atoms with Crippen molar-refractivity contribution in [2.75, 3.05) is 7.11 Å². The lowest BCUT2D eigenvalue weighted by atomic mass is 9.67. The van der Waals surface area contributed by atoms with E-state index in [0.717, 1.165) is 44.9 Å². The third-order valence-electron chi connectivity index (χ3n) is 4.48. The van der Waals surface area contributed by atoms with E-state index in [1.165, 1.54) is 7.11 Å². The molecule has 3 heteroatoms. The molecule has 0 amide bonds. The molecule has 17 heavy (non-hydrogen) atoms. The van der Waals surface area contributed by atoms with Gasteiger partial charge in [0.1, 0.15) is 5.41 Å². The van der Waals surface area contributed by atoms with Crippen LogP contribution in [-0.4, -0.2) is 18.9 Å². The number of hydrogen-bond acceptors (Lipinski definition) is 3. The first-order chi connectivity index (χ1) is 8.20. The highest BCUT2D eigenvalue weighted by Crippen LogP contribution is 2.43. The van der Waals surface area contributed by atoms with E-state index in [-0.39, 0.29) is 17.7 Å². The highest BCUT2D eigenvalue weighted by molar-refractivity contribution is 6.05. The topological polar surface area (TPSA) is 43.4 Å². The lowest BCUT2D eigenvalue weighted by Gasteiger charge is -2.34. The van der Waals surface area contributed by atoms with E-state index in [1.807, 2.05) is 0 Å². The zero-order valence-corrected chi connectivity index (χ0v) is 10.7. The third kappa shape index (κ3) is 2.24. The van der Waals surface area contributed by atoms with Crippen LogP contribution < -0.4 is 0 Å². The molecular formula is C14H22O3. The molecule has 0 spiro atoms. The first kappa shape index (κ1) is 12.6. The van der Waals surface area contributed by atoms with Crippen molar-refractivity contribution in [1.82, 2.24) is 0 Å². The molecule has 2 aliphatic rings. The van der Waals surface area contributed by atoms with E-state index < -0.39 is 5.41 Å². The van der Waals surface area contributed by atoms with Crippen molar-refractivity contribution in [3.63, 3.8) is 0 Å². The minimum absolute atomic E-state index is 0.118. The van der Waals surface area contributed by atoms with E-state index in [1.54, 1.807) is 0 Å². The van der Waals surface area contributed by atoms with E-state index in [4.69, 9.17) is 4.74 Å². The van der Waals surface area contributed by atoms with Gasteiger partial charge in [0.15, 0.2) is 5.78 Å². The number of carbonyl (C=O) groups is 2. The van der Waals surface area contributed by atoms with Crippen LogP contribution in [0.4, 0.5) is 0 Å². The second kappa shape index (κ2) is 5.19. The molecule has 0 heterocycles. The molecular weight excluding hydrogens is 216 g/mol. The van der Waals surface area contributed by atoms with Crippen LogP contribution in [0, 0.1) is 11.3 Å². The average Bonchev–Trinajstić information content (AvgIpc) is 2.91. The second-order valence-electron chi connectivity index (χ2n) is 5.48. The second-order valence-corrected chi connectivity index (χ2v) is 5.48. The largest absolute Gasteiger partial charge is 0.468 e. The summed E-state index contributed by atoms with van der Waals surface area (Å²) >= 11 is 0. The van der Waals surface area contributed by atoms with E-state index >= 15 is 0 Å². The van der Waals surface area contributed by atoms with Crippen molar-refractivity contribution in [3.8, 4) is 0 Å². The Kier molecular flexibility index (Phi) is 3.85. The Morgan fingerprint density at radius 1 is 1.00 bits per heavy atom. The Morgan fingerprint density at radius 3 is 2.12 bits per heavy atom. The van der Waals surface area contributed by atoms with Crippen LogP contribution in [0.1, 0.15) is 57.8 Å². The van der Waals surface area contributed by atoms with Gasteiger partial charge in [0, 0.05) is 5.92 Å². The Hall–Kier alpha value is -0.860.